The van der Waals surface area contributed by atoms with Gasteiger partial charge >= 0.3 is 6.16 Å². The molecule has 0 aromatic rings. The summed E-state index contributed by atoms with van der Waals surface area (Å²) in [6.07, 6.45) is 0.936. The van der Waals surface area contributed by atoms with Crippen LogP contribution < -0.4 is 5.73 Å². The Kier molecular flexibility index (Phi) is 2.70. The van der Waals surface area contributed by atoms with Crippen LogP contribution in [-0.4, -0.2) is 24.9 Å². The fourth-order valence-electron chi connectivity index (χ4n) is 0.990. The van der Waals surface area contributed by atoms with E-state index in [1.54, 1.807) is 6.92 Å². The standard InChI is InChI=1S/C7H13NO3/c1-2-10-7(9)11-6-3-5(8)4-6/h5-6H,2-4,8H2,1H3. The summed E-state index contributed by atoms with van der Waals surface area (Å²) < 4.78 is 9.44. The highest BCUT2D eigenvalue weighted by Crippen LogP contribution is 2.21. The van der Waals surface area contributed by atoms with Gasteiger partial charge in [-0.05, 0) is 19.8 Å². The Morgan fingerprint density at radius 2 is 2.27 bits per heavy atom. The van der Waals surface area contributed by atoms with Crippen LogP contribution in [0.4, 0.5) is 4.79 Å². The molecule has 0 aromatic heterocycles. The highest BCUT2D eigenvalue weighted by molar-refractivity contribution is 5.60. The molecule has 0 amide bonds. The summed E-state index contributed by atoms with van der Waals surface area (Å²) in [7, 11) is 0. The summed E-state index contributed by atoms with van der Waals surface area (Å²) in [6, 6.07) is 0.203. The largest absolute Gasteiger partial charge is 0.508 e. The van der Waals surface area contributed by atoms with Crippen molar-refractivity contribution >= 4 is 6.16 Å². The number of hydrogen-bond acceptors (Lipinski definition) is 4. The van der Waals surface area contributed by atoms with E-state index in [4.69, 9.17) is 10.5 Å². The molecule has 0 aliphatic heterocycles. The zero-order chi connectivity index (χ0) is 8.27. The van der Waals surface area contributed by atoms with E-state index in [0.717, 1.165) is 12.8 Å². The van der Waals surface area contributed by atoms with Gasteiger partial charge in [-0.3, -0.25) is 0 Å². The van der Waals surface area contributed by atoms with Crippen molar-refractivity contribution in [3.63, 3.8) is 0 Å². The Morgan fingerprint density at radius 3 is 2.73 bits per heavy atom. The van der Waals surface area contributed by atoms with Crippen LogP contribution in [0.2, 0.25) is 0 Å². The second-order valence-electron chi connectivity index (χ2n) is 2.65. The van der Waals surface area contributed by atoms with Gasteiger partial charge in [-0.2, -0.15) is 0 Å². The van der Waals surface area contributed by atoms with Gasteiger partial charge in [0.2, 0.25) is 0 Å². The van der Waals surface area contributed by atoms with Crippen molar-refractivity contribution in [2.24, 2.45) is 5.73 Å². The summed E-state index contributed by atoms with van der Waals surface area (Å²) in [5.74, 6) is 0. The van der Waals surface area contributed by atoms with Crippen LogP contribution in [0.5, 0.6) is 0 Å². The number of carbonyl (C=O) groups is 1. The SMILES string of the molecule is CCOC(=O)OC1CC(N)C1. The molecule has 0 heterocycles. The molecule has 0 bridgehead atoms. The highest BCUT2D eigenvalue weighted by atomic mass is 16.7. The predicted molar refractivity (Wildman–Crippen MR) is 39.1 cm³/mol. The first-order valence-electron chi connectivity index (χ1n) is 3.81. The van der Waals surface area contributed by atoms with Gasteiger partial charge in [-0.1, -0.05) is 0 Å². The van der Waals surface area contributed by atoms with E-state index in [-0.39, 0.29) is 12.1 Å². The third-order valence-electron chi connectivity index (χ3n) is 1.66. The number of carbonyl (C=O) groups excluding carboxylic acids is 1. The van der Waals surface area contributed by atoms with Gasteiger partial charge in [0.25, 0.3) is 0 Å². The lowest BCUT2D eigenvalue weighted by Gasteiger charge is -2.30. The second kappa shape index (κ2) is 3.57. The van der Waals surface area contributed by atoms with E-state index in [1.165, 1.54) is 0 Å². The van der Waals surface area contributed by atoms with Crippen molar-refractivity contribution in [2.75, 3.05) is 6.61 Å². The first-order valence-corrected chi connectivity index (χ1v) is 3.81. The minimum atomic E-state index is -0.579. The van der Waals surface area contributed by atoms with E-state index >= 15 is 0 Å². The fraction of sp³-hybridized carbons (Fsp3) is 0.857. The smallest absolute Gasteiger partial charge is 0.435 e. The number of hydrogen-bond donors (Lipinski definition) is 1. The number of ether oxygens (including phenoxy) is 2. The van der Waals surface area contributed by atoms with Crippen LogP contribution >= 0.6 is 0 Å². The third kappa shape index (κ3) is 2.38. The molecule has 0 aromatic carbocycles. The molecule has 11 heavy (non-hydrogen) atoms. The van der Waals surface area contributed by atoms with Gasteiger partial charge in [-0.25, -0.2) is 4.79 Å². The third-order valence-corrected chi connectivity index (χ3v) is 1.66. The fourth-order valence-corrected chi connectivity index (χ4v) is 0.990. The Hall–Kier alpha value is -0.770. The van der Waals surface area contributed by atoms with E-state index < -0.39 is 6.16 Å². The molecular formula is C7H13NO3. The molecule has 0 atom stereocenters. The summed E-state index contributed by atoms with van der Waals surface area (Å²) >= 11 is 0. The predicted octanol–water partition coefficient (Wildman–Crippen LogP) is 0.649. The second-order valence-corrected chi connectivity index (χ2v) is 2.65. The summed E-state index contributed by atoms with van der Waals surface area (Å²) in [4.78, 5) is 10.7. The van der Waals surface area contributed by atoms with Crippen LogP contribution in [0.25, 0.3) is 0 Å². The highest BCUT2D eigenvalue weighted by Gasteiger charge is 2.29. The molecule has 2 N–H and O–H groups in total. The van der Waals surface area contributed by atoms with Crippen LogP contribution in [0.15, 0.2) is 0 Å². The van der Waals surface area contributed by atoms with Crippen LogP contribution in [0.3, 0.4) is 0 Å². The van der Waals surface area contributed by atoms with Gasteiger partial charge in [0, 0.05) is 6.04 Å². The molecule has 4 heteroatoms. The summed E-state index contributed by atoms with van der Waals surface area (Å²) in [6.45, 7) is 2.10. The first-order chi connectivity index (χ1) is 5.22. The quantitative estimate of drug-likeness (QED) is 0.601. The summed E-state index contributed by atoms with van der Waals surface area (Å²) in [5.41, 5.74) is 5.49. The lowest BCUT2D eigenvalue weighted by molar-refractivity contribution is -0.00840. The van der Waals surface area contributed by atoms with Crippen LogP contribution in [-0.2, 0) is 9.47 Å². The Balaban J connectivity index is 2.07. The molecule has 1 fully saturated rings. The molecule has 0 spiro atoms. The van der Waals surface area contributed by atoms with E-state index in [2.05, 4.69) is 4.74 Å². The van der Waals surface area contributed by atoms with Crippen molar-refractivity contribution in [3.8, 4) is 0 Å². The lowest BCUT2D eigenvalue weighted by atomic mass is 9.90. The van der Waals surface area contributed by atoms with Crippen molar-refractivity contribution in [2.45, 2.75) is 31.9 Å². The van der Waals surface area contributed by atoms with E-state index in [9.17, 15) is 4.79 Å². The van der Waals surface area contributed by atoms with Gasteiger partial charge in [-0.15, -0.1) is 0 Å². The summed E-state index contributed by atoms with van der Waals surface area (Å²) in [5, 5.41) is 0. The van der Waals surface area contributed by atoms with Gasteiger partial charge in [0.15, 0.2) is 0 Å². The van der Waals surface area contributed by atoms with Gasteiger partial charge in [0.05, 0.1) is 6.61 Å². The molecule has 4 nitrogen and oxygen atoms in total. The Labute approximate surface area is 65.7 Å². The van der Waals surface area contributed by atoms with Gasteiger partial charge < -0.3 is 15.2 Å². The molecule has 1 saturated carbocycles. The molecule has 0 radical (unpaired) electrons. The molecule has 1 aliphatic rings. The molecular weight excluding hydrogens is 146 g/mol. The Bertz CT molecular complexity index is 143. The van der Waals surface area contributed by atoms with Crippen molar-refractivity contribution in [3.05, 3.63) is 0 Å². The minimum absolute atomic E-state index is 0.0101. The number of nitrogens with two attached hydrogens (primary N) is 1. The van der Waals surface area contributed by atoms with E-state index in [0.29, 0.717) is 6.61 Å². The van der Waals surface area contributed by atoms with Crippen LogP contribution in [0.1, 0.15) is 19.8 Å². The maximum atomic E-state index is 10.7. The zero-order valence-electron chi connectivity index (χ0n) is 6.58. The Morgan fingerprint density at radius 1 is 1.64 bits per heavy atom. The van der Waals surface area contributed by atoms with Crippen LogP contribution in [0, 0.1) is 0 Å². The maximum Gasteiger partial charge on any atom is 0.508 e. The monoisotopic (exact) mass is 159 g/mol. The average molecular weight is 159 g/mol. The molecule has 1 aliphatic carbocycles. The molecule has 1 rings (SSSR count). The van der Waals surface area contributed by atoms with Crippen molar-refractivity contribution in [1.29, 1.82) is 0 Å². The van der Waals surface area contributed by atoms with E-state index in [1.807, 2.05) is 0 Å². The van der Waals surface area contributed by atoms with Crippen molar-refractivity contribution < 1.29 is 14.3 Å². The average Bonchev–Trinajstić information content (AvgIpc) is 1.85. The topological polar surface area (TPSA) is 61.5 Å². The maximum absolute atomic E-state index is 10.7. The molecule has 64 valence electrons. The zero-order valence-corrected chi connectivity index (χ0v) is 6.58. The first kappa shape index (κ1) is 8.33. The molecule has 0 saturated heterocycles. The molecule has 0 unspecified atom stereocenters. The minimum Gasteiger partial charge on any atom is -0.435 e. The number of rotatable bonds is 2. The van der Waals surface area contributed by atoms with Crippen molar-refractivity contribution in [1.82, 2.24) is 0 Å². The van der Waals surface area contributed by atoms with Gasteiger partial charge in [0.1, 0.15) is 6.10 Å². The lowest BCUT2D eigenvalue weighted by Crippen LogP contribution is -2.42. The normalized spacial score (nSPS) is 28.9.